The number of aromatic nitrogens is 3. The van der Waals surface area contributed by atoms with Crippen LogP contribution in [0, 0.1) is 0 Å². The maximum absolute atomic E-state index is 11.6. The lowest BCUT2D eigenvalue weighted by atomic mass is 10.4. The van der Waals surface area contributed by atoms with Gasteiger partial charge in [0, 0.05) is 18.6 Å². The molecule has 0 amide bonds. The Morgan fingerprint density at radius 3 is 2.82 bits per heavy atom. The number of carbonyl (C=O) groups excluding carboxylic acids is 1. The smallest absolute Gasteiger partial charge is 0.358 e. The number of hydrogen-bond acceptors (Lipinski definition) is 4. The first kappa shape index (κ1) is 13.9. The van der Waals surface area contributed by atoms with Gasteiger partial charge in [-0.25, -0.2) is 14.8 Å². The van der Waals surface area contributed by atoms with Crippen LogP contribution in [0.25, 0.3) is 5.65 Å². The first-order valence-electron chi connectivity index (χ1n) is 4.78. The first-order valence-corrected chi connectivity index (χ1v) is 5.16. The van der Waals surface area contributed by atoms with E-state index in [9.17, 15) is 4.79 Å². The van der Waals surface area contributed by atoms with Crippen molar-refractivity contribution >= 4 is 40.2 Å². The van der Waals surface area contributed by atoms with Gasteiger partial charge in [0.15, 0.2) is 16.5 Å². The minimum atomic E-state index is -0.463. The van der Waals surface area contributed by atoms with Crippen LogP contribution in [0.5, 0.6) is 0 Å². The Hall–Kier alpha value is -1.14. The molecule has 0 spiro atoms. The highest BCUT2D eigenvalue weighted by Crippen LogP contribution is 2.14. The summed E-state index contributed by atoms with van der Waals surface area (Å²) in [4.78, 5) is 19.5. The van der Waals surface area contributed by atoms with E-state index in [0.717, 1.165) is 0 Å². The molecule has 2 aromatic rings. The average Bonchev–Trinajstić information content (AvgIpc) is 2.61. The van der Waals surface area contributed by atoms with Crippen molar-refractivity contribution in [3.8, 4) is 0 Å². The molecule has 0 saturated carbocycles. The Labute approximate surface area is 114 Å². The molecule has 92 valence electrons. The van der Waals surface area contributed by atoms with Crippen LogP contribution in [0.1, 0.15) is 24.3 Å². The molecule has 5 nitrogen and oxygen atoms in total. The van der Waals surface area contributed by atoms with E-state index in [0.29, 0.717) is 5.65 Å². The molecule has 0 fully saturated rings. The van der Waals surface area contributed by atoms with Crippen molar-refractivity contribution in [3.63, 3.8) is 0 Å². The number of rotatable bonds is 2. The van der Waals surface area contributed by atoms with Gasteiger partial charge in [-0.2, -0.15) is 0 Å². The Morgan fingerprint density at radius 2 is 2.24 bits per heavy atom. The van der Waals surface area contributed by atoms with E-state index < -0.39 is 5.97 Å². The zero-order valence-electron chi connectivity index (χ0n) is 9.25. The van der Waals surface area contributed by atoms with Crippen molar-refractivity contribution in [2.45, 2.75) is 20.0 Å². The number of nitrogens with zero attached hydrogens (tertiary/aromatic N) is 3. The van der Waals surface area contributed by atoms with Gasteiger partial charge in [-0.3, -0.25) is 0 Å². The third kappa shape index (κ3) is 2.95. The monoisotopic (exact) mass is 319 g/mol. The Morgan fingerprint density at radius 1 is 1.53 bits per heavy atom. The molecule has 7 heteroatoms. The third-order valence-electron chi connectivity index (χ3n) is 1.88. The lowest BCUT2D eigenvalue weighted by molar-refractivity contribution is 0.0371. The maximum Gasteiger partial charge on any atom is 0.358 e. The van der Waals surface area contributed by atoms with Crippen molar-refractivity contribution in [2.75, 3.05) is 0 Å². The lowest BCUT2D eigenvalue weighted by Crippen LogP contribution is -2.11. The number of imidazole rings is 1. The summed E-state index contributed by atoms with van der Waals surface area (Å²) in [5, 5.41) is 0.256. The fraction of sp³-hybridized carbons (Fsp3) is 0.300. The van der Waals surface area contributed by atoms with Crippen molar-refractivity contribution in [3.05, 3.63) is 29.4 Å². The summed E-state index contributed by atoms with van der Waals surface area (Å²) in [6, 6.07) is 0. The van der Waals surface area contributed by atoms with Crippen LogP contribution in [0.3, 0.4) is 0 Å². The average molecular weight is 321 g/mol. The number of hydrogen-bond donors (Lipinski definition) is 0. The van der Waals surface area contributed by atoms with Gasteiger partial charge in [0.1, 0.15) is 0 Å². The molecule has 0 unspecified atom stereocenters. The van der Waals surface area contributed by atoms with E-state index in [1.165, 1.54) is 6.20 Å². The summed E-state index contributed by atoms with van der Waals surface area (Å²) < 4.78 is 6.66. The number of halogens is 2. The fourth-order valence-electron chi connectivity index (χ4n) is 1.26. The predicted octanol–water partition coefficient (Wildman–Crippen LogP) is 2.53. The number of esters is 1. The van der Waals surface area contributed by atoms with Gasteiger partial charge in [-0.05, 0) is 13.8 Å². The first-order chi connectivity index (χ1) is 7.58. The molecule has 0 aromatic carbocycles. The Kier molecular flexibility index (Phi) is 4.47. The predicted molar refractivity (Wildman–Crippen MR) is 68.9 cm³/mol. The second-order valence-electron chi connectivity index (χ2n) is 3.53. The van der Waals surface area contributed by atoms with Gasteiger partial charge < -0.3 is 9.14 Å². The van der Waals surface area contributed by atoms with Crippen LogP contribution in [0.2, 0.25) is 5.15 Å². The normalized spacial score (nSPS) is 10.4. The number of carbonyl (C=O) groups is 1. The zero-order chi connectivity index (χ0) is 11.7. The molecule has 0 bridgehead atoms. The van der Waals surface area contributed by atoms with Crippen molar-refractivity contribution < 1.29 is 9.53 Å². The minimum Gasteiger partial charge on any atom is -0.458 e. The van der Waals surface area contributed by atoms with Gasteiger partial charge in [0.2, 0.25) is 0 Å². The van der Waals surface area contributed by atoms with E-state index in [-0.39, 0.29) is 33.9 Å². The SMILES string of the molecule is Br.CC(C)OC(=O)c1cn2ccnc(Cl)c2n1. The van der Waals surface area contributed by atoms with Crippen LogP contribution >= 0.6 is 28.6 Å². The molecule has 0 radical (unpaired) electrons. The second kappa shape index (κ2) is 5.46. The summed E-state index contributed by atoms with van der Waals surface area (Å²) in [6.07, 6.45) is 4.59. The third-order valence-corrected chi connectivity index (χ3v) is 2.15. The molecular formula is C10H11BrClN3O2. The quantitative estimate of drug-likeness (QED) is 0.798. The molecule has 2 heterocycles. The van der Waals surface area contributed by atoms with Crippen LogP contribution in [-0.4, -0.2) is 26.4 Å². The van der Waals surface area contributed by atoms with E-state index in [4.69, 9.17) is 16.3 Å². The van der Waals surface area contributed by atoms with Gasteiger partial charge in [-0.15, -0.1) is 17.0 Å². The van der Waals surface area contributed by atoms with E-state index in [2.05, 4.69) is 9.97 Å². The topological polar surface area (TPSA) is 56.5 Å². The van der Waals surface area contributed by atoms with Crippen LogP contribution < -0.4 is 0 Å². The van der Waals surface area contributed by atoms with Crippen molar-refractivity contribution in [2.24, 2.45) is 0 Å². The molecule has 2 aromatic heterocycles. The summed E-state index contributed by atoms with van der Waals surface area (Å²) in [7, 11) is 0. The summed E-state index contributed by atoms with van der Waals surface area (Å²) in [5.41, 5.74) is 0.670. The Bertz CT molecular complexity index is 541. The lowest BCUT2D eigenvalue weighted by Gasteiger charge is -2.04. The van der Waals surface area contributed by atoms with E-state index in [1.807, 2.05) is 0 Å². The molecule has 0 N–H and O–H groups in total. The van der Waals surface area contributed by atoms with Gasteiger partial charge in [0.25, 0.3) is 0 Å². The molecule has 0 atom stereocenters. The molecule has 17 heavy (non-hydrogen) atoms. The van der Waals surface area contributed by atoms with Crippen molar-refractivity contribution in [1.29, 1.82) is 0 Å². The summed E-state index contributed by atoms with van der Waals surface area (Å²) in [6.45, 7) is 3.56. The van der Waals surface area contributed by atoms with Gasteiger partial charge in [0.05, 0.1) is 6.10 Å². The molecule has 0 saturated heterocycles. The molecular weight excluding hydrogens is 309 g/mol. The summed E-state index contributed by atoms with van der Waals surface area (Å²) in [5.74, 6) is -0.463. The van der Waals surface area contributed by atoms with Crippen molar-refractivity contribution in [1.82, 2.24) is 14.4 Å². The van der Waals surface area contributed by atoms with Gasteiger partial charge in [-0.1, -0.05) is 11.6 Å². The maximum atomic E-state index is 11.6. The number of fused-ring (bicyclic) bond motifs is 1. The largest absolute Gasteiger partial charge is 0.458 e. The van der Waals surface area contributed by atoms with Gasteiger partial charge >= 0.3 is 5.97 Å². The molecule has 0 aliphatic rings. The van der Waals surface area contributed by atoms with E-state index in [1.54, 1.807) is 30.6 Å². The molecule has 2 rings (SSSR count). The van der Waals surface area contributed by atoms with E-state index >= 15 is 0 Å². The number of ether oxygens (including phenoxy) is 1. The second-order valence-corrected chi connectivity index (χ2v) is 3.89. The van der Waals surface area contributed by atoms with Crippen LogP contribution in [-0.2, 0) is 4.74 Å². The highest BCUT2D eigenvalue weighted by molar-refractivity contribution is 8.93. The van der Waals surface area contributed by atoms with Crippen LogP contribution in [0.4, 0.5) is 0 Å². The summed E-state index contributed by atoms with van der Waals surface area (Å²) >= 11 is 5.83. The highest BCUT2D eigenvalue weighted by atomic mass is 79.9. The molecule has 0 aliphatic heterocycles. The minimum absolute atomic E-state index is 0. The standard InChI is InChI=1S/C10H10ClN3O2.BrH/c1-6(2)16-10(15)7-5-14-4-3-12-8(11)9(14)13-7;/h3-6H,1-2H3;1H. The fourth-order valence-corrected chi connectivity index (χ4v) is 1.46. The molecule has 0 aliphatic carbocycles. The highest BCUT2D eigenvalue weighted by Gasteiger charge is 2.14. The zero-order valence-corrected chi connectivity index (χ0v) is 11.7. The Balaban J connectivity index is 0.00000144. The van der Waals surface area contributed by atoms with Crippen LogP contribution in [0.15, 0.2) is 18.6 Å².